The molecule has 132 valence electrons. The minimum absolute atomic E-state index is 0.0385. The van der Waals surface area contributed by atoms with Crippen LogP contribution in [0.2, 0.25) is 0 Å². The highest BCUT2D eigenvalue weighted by molar-refractivity contribution is 14.1. The third-order valence-corrected chi connectivity index (χ3v) is 4.76. The molecule has 0 saturated carbocycles. The molecule has 0 aliphatic carbocycles. The van der Waals surface area contributed by atoms with Crippen molar-refractivity contribution in [3.63, 3.8) is 0 Å². The first-order chi connectivity index (χ1) is 12.0. The van der Waals surface area contributed by atoms with E-state index in [1.807, 2.05) is 31.2 Å². The standard InChI is InChI=1S/C18H20IN3O3/c1-13-5-6-16(25-13)18(24)22-9-7-21(8-10-22)12-17(23)20-15-4-2-3-14(19)11-15/h2-6,11H,7-10,12H2,1H3,(H,20,23). The van der Waals surface area contributed by atoms with Crippen LogP contribution in [-0.2, 0) is 4.79 Å². The van der Waals surface area contributed by atoms with Crippen LogP contribution >= 0.6 is 22.6 Å². The summed E-state index contributed by atoms with van der Waals surface area (Å²) in [6, 6.07) is 11.2. The molecule has 0 radical (unpaired) electrons. The number of nitrogens with zero attached hydrogens (tertiary/aromatic N) is 2. The zero-order chi connectivity index (χ0) is 17.8. The van der Waals surface area contributed by atoms with Crippen molar-refractivity contribution in [3.05, 3.63) is 51.5 Å². The third kappa shape index (κ3) is 4.82. The summed E-state index contributed by atoms with van der Waals surface area (Å²) in [6.07, 6.45) is 0. The first kappa shape index (κ1) is 17.9. The highest BCUT2D eigenvalue weighted by atomic mass is 127. The van der Waals surface area contributed by atoms with Crippen molar-refractivity contribution in [1.29, 1.82) is 0 Å². The number of furan rings is 1. The number of hydrogen-bond donors (Lipinski definition) is 1. The summed E-state index contributed by atoms with van der Waals surface area (Å²) in [5.74, 6) is 0.983. The summed E-state index contributed by atoms with van der Waals surface area (Å²) >= 11 is 2.22. The Hall–Kier alpha value is -1.87. The molecule has 0 spiro atoms. The third-order valence-electron chi connectivity index (χ3n) is 4.09. The molecule has 0 atom stereocenters. The lowest BCUT2D eigenvalue weighted by molar-refractivity contribution is -0.117. The second-order valence-electron chi connectivity index (χ2n) is 6.04. The number of benzene rings is 1. The van der Waals surface area contributed by atoms with Gasteiger partial charge in [0.25, 0.3) is 5.91 Å². The number of amides is 2. The topological polar surface area (TPSA) is 65.8 Å². The van der Waals surface area contributed by atoms with Crippen LogP contribution in [-0.4, -0.2) is 54.3 Å². The van der Waals surface area contributed by atoms with Crippen molar-refractivity contribution in [1.82, 2.24) is 9.80 Å². The Balaban J connectivity index is 1.47. The largest absolute Gasteiger partial charge is 0.456 e. The molecule has 1 aliphatic heterocycles. The number of rotatable bonds is 4. The van der Waals surface area contributed by atoms with Gasteiger partial charge in [0.2, 0.25) is 5.91 Å². The van der Waals surface area contributed by atoms with E-state index in [0.29, 0.717) is 38.5 Å². The molecule has 1 saturated heterocycles. The van der Waals surface area contributed by atoms with Gasteiger partial charge in [-0.15, -0.1) is 0 Å². The Morgan fingerprint density at radius 2 is 1.92 bits per heavy atom. The molecule has 1 aromatic heterocycles. The normalized spacial score (nSPS) is 15.2. The highest BCUT2D eigenvalue weighted by Crippen LogP contribution is 2.14. The first-order valence-electron chi connectivity index (χ1n) is 8.15. The summed E-state index contributed by atoms with van der Waals surface area (Å²) in [4.78, 5) is 28.4. The van der Waals surface area contributed by atoms with E-state index in [4.69, 9.17) is 4.42 Å². The van der Waals surface area contributed by atoms with Crippen molar-refractivity contribution in [3.8, 4) is 0 Å². The van der Waals surface area contributed by atoms with Gasteiger partial charge >= 0.3 is 0 Å². The van der Waals surface area contributed by atoms with Crippen LogP contribution in [0, 0.1) is 10.5 Å². The zero-order valence-electron chi connectivity index (χ0n) is 14.0. The van der Waals surface area contributed by atoms with Crippen LogP contribution in [0.15, 0.2) is 40.8 Å². The van der Waals surface area contributed by atoms with Gasteiger partial charge in [-0.2, -0.15) is 0 Å². The van der Waals surface area contributed by atoms with Crippen LogP contribution < -0.4 is 5.32 Å². The molecule has 25 heavy (non-hydrogen) atoms. The number of halogens is 1. The molecule has 0 bridgehead atoms. The van der Waals surface area contributed by atoms with Gasteiger partial charge in [-0.1, -0.05) is 6.07 Å². The Bertz CT molecular complexity index is 766. The van der Waals surface area contributed by atoms with Gasteiger partial charge in [0.15, 0.2) is 5.76 Å². The van der Waals surface area contributed by atoms with E-state index < -0.39 is 0 Å². The Labute approximate surface area is 160 Å². The average molecular weight is 453 g/mol. The van der Waals surface area contributed by atoms with Gasteiger partial charge in [0, 0.05) is 35.4 Å². The summed E-state index contributed by atoms with van der Waals surface area (Å²) < 4.78 is 6.48. The van der Waals surface area contributed by atoms with Crippen LogP contribution in [0.25, 0.3) is 0 Å². The van der Waals surface area contributed by atoms with Crippen molar-refractivity contribution in [2.24, 2.45) is 0 Å². The molecule has 2 aromatic rings. The molecule has 3 rings (SSSR count). The summed E-state index contributed by atoms with van der Waals surface area (Å²) in [7, 11) is 0. The molecule has 1 fully saturated rings. The van der Waals surface area contributed by atoms with Crippen LogP contribution in [0.3, 0.4) is 0 Å². The number of aryl methyl sites for hydroxylation is 1. The Kier molecular flexibility index (Phi) is 5.74. The molecule has 2 heterocycles. The lowest BCUT2D eigenvalue weighted by atomic mass is 10.2. The van der Waals surface area contributed by atoms with Gasteiger partial charge < -0.3 is 14.6 Å². The van der Waals surface area contributed by atoms with Crippen LogP contribution in [0.4, 0.5) is 5.69 Å². The molecule has 1 aliphatic rings. The number of nitrogens with one attached hydrogen (secondary N) is 1. The lowest BCUT2D eigenvalue weighted by Gasteiger charge is -2.33. The zero-order valence-corrected chi connectivity index (χ0v) is 16.2. The molecule has 6 nitrogen and oxygen atoms in total. The SMILES string of the molecule is Cc1ccc(C(=O)N2CCN(CC(=O)Nc3cccc(I)c3)CC2)o1. The minimum Gasteiger partial charge on any atom is -0.456 e. The number of carbonyl (C=O) groups excluding carboxylic acids is 2. The molecule has 1 N–H and O–H groups in total. The molecular formula is C18H20IN3O3. The fourth-order valence-electron chi connectivity index (χ4n) is 2.78. The van der Waals surface area contributed by atoms with Gasteiger partial charge in [-0.3, -0.25) is 14.5 Å². The Morgan fingerprint density at radius 1 is 1.16 bits per heavy atom. The maximum absolute atomic E-state index is 12.3. The van der Waals surface area contributed by atoms with Crippen molar-refractivity contribution >= 4 is 40.1 Å². The van der Waals surface area contributed by atoms with Crippen molar-refractivity contribution < 1.29 is 14.0 Å². The second-order valence-corrected chi connectivity index (χ2v) is 7.28. The summed E-state index contributed by atoms with van der Waals surface area (Å²) in [5, 5.41) is 2.91. The lowest BCUT2D eigenvalue weighted by Crippen LogP contribution is -2.50. The summed E-state index contributed by atoms with van der Waals surface area (Å²) in [5.41, 5.74) is 0.805. The van der Waals surface area contributed by atoms with E-state index in [-0.39, 0.29) is 11.8 Å². The second kappa shape index (κ2) is 8.01. The quantitative estimate of drug-likeness (QED) is 0.724. The number of carbonyl (C=O) groups is 2. The minimum atomic E-state index is -0.0870. The van der Waals surface area contributed by atoms with Gasteiger partial charge in [0.1, 0.15) is 5.76 Å². The van der Waals surface area contributed by atoms with Crippen molar-refractivity contribution in [2.75, 3.05) is 38.0 Å². The predicted octanol–water partition coefficient (Wildman–Crippen LogP) is 2.59. The van der Waals surface area contributed by atoms with Crippen molar-refractivity contribution in [2.45, 2.75) is 6.92 Å². The number of piperazine rings is 1. The predicted molar refractivity (Wildman–Crippen MR) is 104 cm³/mol. The average Bonchev–Trinajstić information content (AvgIpc) is 3.01. The Morgan fingerprint density at radius 3 is 2.56 bits per heavy atom. The van der Waals surface area contributed by atoms with E-state index in [0.717, 1.165) is 15.0 Å². The maximum atomic E-state index is 12.3. The highest BCUT2D eigenvalue weighted by Gasteiger charge is 2.24. The summed E-state index contributed by atoms with van der Waals surface area (Å²) in [6.45, 7) is 4.68. The van der Waals surface area contributed by atoms with Crippen LogP contribution in [0.1, 0.15) is 16.3 Å². The van der Waals surface area contributed by atoms with E-state index >= 15 is 0 Å². The van der Waals surface area contributed by atoms with Crippen LogP contribution in [0.5, 0.6) is 0 Å². The van der Waals surface area contributed by atoms with E-state index in [2.05, 4.69) is 32.8 Å². The van der Waals surface area contributed by atoms with E-state index in [9.17, 15) is 9.59 Å². The smallest absolute Gasteiger partial charge is 0.289 e. The van der Waals surface area contributed by atoms with Gasteiger partial charge in [-0.25, -0.2) is 0 Å². The fraction of sp³-hybridized carbons (Fsp3) is 0.333. The number of anilines is 1. The monoisotopic (exact) mass is 453 g/mol. The van der Waals surface area contributed by atoms with Gasteiger partial charge in [-0.05, 0) is 59.8 Å². The molecule has 1 aromatic carbocycles. The van der Waals surface area contributed by atoms with E-state index in [1.54, 1.807) is 17.0 Å². The first-order valence-corrected chi connectivity index (χ1v) is 9.22. The fourth-order valence-corrected chi connectivity index (χ4v) is 3.33. The molecule has 7 heteroatoms. The molecule has 0 unspecified atom stereocenters. The maximum Gasteiger partial charge on any atom is 0.289 e. The molecular weight excluding hydrogens is 433 g/mol. The van der Waals surface area contributed by atoms with Gasteiger partial charge in [0.05, 0.1) is 6.54 Å². The number of hydrogen-bond acceptors (Lipinski definition) is 4. The van der Waals surface area contributed by atoms with E-state index in [1.165, 1.54) is 0 Å². The molecule has 2 amide bonds.